The highest BCUT2D eigenvalue weighted by Crippen LogP contribution is 2.33. The summed E-state index contributed by atoms with van der Waals surface area (Å²) in [5.41, 5.74) is 3.49. The van der Waals surface area contributed by atoms with Crippen LogP contribution in [0.1, 0.15) is 16.7 Å². The summed E-state index contributed by atoms with van der Waals surface area (Å²) in [5, 5.41) is 7.64. The van der Waals surface area contributed by atoms with Gasteiger partial charge < -0.3 is 15.4 Å². The van der Waals surface area contributed by atoms with E-state index >= 15 is 0 Å². The second-order valence-electron chi connectivity index (χ2n) is 7.04. The van der Waals surface area contributed by atoms with Gasteiger partial charge in [-0.15, -0.1) is 0 Å². The average Bonchev–Trinajstić information content (AvgIpc) is 3.08. The lowest BCUT2D eigenvalue weighted by atomic mass is 10.2. The summed E-state index contributed by atoms with van der Waals surface area (Å²) < 4.78 is 6.00. The van der Waals surface area contributed by atoms with Crippen LogP contribution in [0.5, 0.6) is 5.75 Å². The van der Waals surface area contributed by atoms with Crippen LogP contribution < -0.4 is 15.4 Å². The van der Waals surface area contributed by atoms with E-state index in [1.807, 2.05) is 79.7 Å². The highest BCUT2D eigenvalue weighted by atomic mass is 35.5. The molecule has 0 aliphatic carbocycles. The fourth-order valence-electron chi connectivity index (χ4n) is 3.16. The normalized spacial score (nSPS) is 16.9. The van der Waals surface area contributed by atoms with Gasteiger partial charge in [0.25, 0.3) is 5.91 Å². The van der Waals surface area contributed by atoms with Crippen molar-refractivity contribution >= 4 is 52.6 Å². The van der Waals surface area contributed by atoms with Crippen molar-refractivity contribution in [3.05, 3.63) is 98.4 Å². The van der Waals surface area contributed by atoms with E-state index in [4.69, 9.17) is 27.9 Å². The third-order valence-electron chi connectivity index (χ3n) is 4.69. The zero-order valence-corrected chi connectivity index (χ0v) is 19.0. The molecule has 4 rings (SSSR count). The number of thioether (sulfide) groups is 1. The van der Waals surface area contributed by atoms with E-state index in [0.717, 1.165) is 22.4 Å². The number of hydrogen-bond donors (Lipinski definition) is 2. The summed E-state index contributed by atoms with van der Waals surface area (Å²) in [7, 11) is 0. The lowest BCUT2D eigenvalue weighted by Gasteiger charge is -2.15. The van der Waals surface area contributed by atoms with Gasteiger partial charge in [-0.3, -0.25) is 4.79 Å². The van der Waals surface area contributed by atoms with Crippen LogP contribution in [0, 0.1) is 6.92 Å². The first-order chi connectivity index (χ1) is 15.0. The van der Waals surface area contributed by atoms with Gasteiger partial charge in [-0.2, -0.15) is 0 Å². The van der Waals surface area contributed by atoms with Crippen LogP contribution in [0.2, 0.25) is 10.0 Å². The highest BCUT2D eigenvalue weighted by Gasteiger charge is 2.27. The van der Waals surface area contributed by atoms with Crippen molar-refractivity contribution in [1.29, 1.82) is 0 Å². The zero-order valence-electron chi connectivity index (χ0n) is 16.7. The van der Waals surface area contributed by atoms with Crippen LogP contribution in [0.3, 0.4) is 0 Å². The van der Waals surface area contributed by atoms with Crippen LogP contribution in [0.25, 0.3) is 6.08 Å². The largest absolute Gasteiger partial charge is 0.488 e. The minimum absolute atomic E-state index is 0.126. The standard InChI is InChI=1S/C24H20Cl2N2O2S/c1-15-11-19(26)9-10-20(15)27-24-28-23(29)22(31-24)13-17-6-2-3-8-21(17)30-14-16-5-4-7-18(25)12-16/h2-13,24,27H,14H2,1H3,(H,28,29)/b22-13-. The maximum atomic E-state index is 12.5. The number of carbonyl (C=O) groups is 1. The second-order valence-corrected chi connectivity index (χ2v) is 9.06. The van der Waals surface area contributed by atoms with Crippen molar-refractivity contribution in [3.63, 3.8) is 0 Å². The van der Waals surface area contributed by atoms with Crippen molar-refractivity contribution < 1.29 is 9.53 Å². The SMILES string of the molecule is Cc1cc(Cl)ccc1NC1NC(=O)/C(=C/c2ccccc2OCc2cccc(Cl)c2)S1. The number of halogens is 2. The van der Waals surface area contributed by atoms with Gasteiger partial charge in [-0.1, -0.05) is 65.3 Å². The molecule has 1 fully saturated rings. The van der Waals surface area contributed by atoms with Crippen molar-refractivity contribution in [3.8, 4) is 5.75 Å². The Labute approximate surface area is 195 Å². The van der Waals surface area contributed by atoms with E-state index in [0.29, 0.717) is 27.3 Å². The van der Waals surface area contributed by atoms with Gasteiger partial charge in [0.1, 0.15) is 12.4 Å². The number of amides is 1. The summed E-state index contributed by atoms with van der Waals surface area (Å²) in [5.74, 6) is 0.576. The van der Waals surface area contributed by atoms with Crippen LogP contribution in [-0.4, -0.2) is 11.4 Å². The van der Waals surface area contributed by atoms with Crippen LogP contribution >= 0.6 is 35.0 Å². The molecule has 1 aliphatic heterocycles. The zero-order chi connectivity index (χ0) is 21.8. The monoisotopic (exact) mass is 470 g/mol. The van der Waals surface area contributed by atoms with Gasteiger partial charge in [-0.25, -0.2) is 0 Å². The Morgan fingerprint density at radius 1 is 1.06 bits per heavy atom. The molecule has 1 aliphatic rings. The first-order valence-corrected chi connectivity index (χ1v) is 11.3. The molecule has 3 aromatic rings. The van der Waals surface area contributed by atoms with E-state index < -0.39 is 0 Å². The number of ether oxygens (including phenoxy) is 1. The number of benzene rings is 3. The Morgan fingerprint density at radius 3 is 2.68 bits per heavy atom. The maximum absolute atomic E-state index is 12.5. The van der Waals surface area contributed by atoms with Gasteiger partial charge in [0, 0.05) is 21.3 Å². The molecule has 7 heteroatoms. The number of aryl methyl sites for hydroxylation is 1. The first kappa shape index (κ1) is 21.6. The summed E-state index contributed by atoms with van der Waals surface area (Å²) >= 11 is 13.5. The molecule has 2 N–H and O–H groups in total. The third kappa shape index (κ3) is 5.56. The van der Waals surface area contributed by atoms with E-state index in [1.54, 1.807) is 0 Å². The van der Waals surface area contributed by atoms with Crippen molar-refractivity contribution in [1.82, 2.24) is 5.32 Å². The quantitative estimate of drug-likeness (QED) is 0.404. The number of para-hydroxylation sites is 1. The summed E-state index contributed by atoms with van der Waals surface area (Å²) in [6.07, 6.45) is 1.85. The lowest BCUT2D eigenvalue weighted by Crippen LogP contribution is -2.31. The van der Waals surface area contributed by atoms with E-state index in [2.05, 4.69) is 10.6 Å². The van der Waals surface area contributed by atoms with E-state index in [-0.39, 0.29) is 11.4 Å². The number of hydrogen-bond acceptors (Lipinski definition) is 4. The Hall–Kier alpha value is -2.60. The second kappa shape index (κ2) is 9.69. The molecule has 1 amide bonds. The van der Waals surface area contributed by atoms with E-state index in [1.165, 1.54) is 11.8 Å². The van der Waals surface area contributed by atoms with Gasteiger partial charge in [0.15, 0.2) is 5.50 Å². The van der Waals surface area contributed by atoms with Crippen molar-refractivity contribution in [2.24, 2.45) is 0 Å². The maximum Gasteiger partial charge on any atom is 0.260 e. The van der Waals surface area contributed by atoms with Crippen LogP contribution in [0.4, 0.5) is 5.69 Å². The van der Waals surface area contributed by atoms with Gasteiger partial charge in [-0.05, 0) is 60.5 Å². The molecular weight excluding hydrogens is 451 g/mol. The number of carbonyl (C=O) groups excluding carboxylic acids is 1. The lowest BCUT2D eigenvalue weighted by molar-refractivity contribution is -0.116. The molecule has 0 radical (unpaired) electrons. The molecule has 3 aromatic carbocycles. The predicted molar refractivity (Wildman–Crippen MR) is 130 cm³/mol. The fraction of sp³-hybridized carbons (Fsp3) is 0.125. The predicted octanol–water partition coefficient (Wildman–Crippen LogP) is 6.48. The molecular formula is C24H20Cl2N2O2S. The summed E-state index contributed by atoms with van der Waals surface area (Å²) in [6, 6.07) is 20.8. The number of rotatable bonds is 6. The molecule has 0 spiro atoms. The number of nitrogens with one attached hydrogen (secondary N) is 2. The smallest absolute Gasteiger partial charge is 0.260 e. The number of anilines is 1. The minimum atomic E-state index is -0.266. The van der Waals surface area contributed by atoms with E-state index in [9.17, 15) is 4.79 Å². The summed E-state index contributed by atoms with van der Waals surface area (Å²) in [6.45, 7) is 2.36. The molecule has 158 valence electrons. The van der Waals surface area contributed by atoms with Crippen molar-refractivity contribution in [2.45, 2.75) is 19.0 Å². The van der Waals surface area contributed by atoms with Crippen LogP contribution in [-0.2, 0) is 11.4 Å². The molecule has 31 heavy (non-hydrogen) atoms. The molecule has 1 unspecified atom stereocenters. The first-order valence-electron chi connectivity index (χ1n) is 9.66. The molecule has 0 aromatic heterocycles. The van der Waals surface area contributed by atoms with Gasteiger partial charge >= 0.3 is 0 Å². The van der Waals surface area contributed by atoms with Crippen LogP contribution in [0.15, 0.2) is 71.6 Å². The Balaban J connectivity index is 1.47. The molecule has 1 saturated heterocycles. The Bertz CT molecular complexity index is 1150. The van der Waals surface area contributed by atoms with Gasteiger partial charge in [0.05, 0.1) is 4.91 Å². The van der Waals surface area contributed by atoms with Crippen molar-refractivity contribution in [2.75, 3.05) is 5.32 Å². The minimum Gasteiger partial charge on any atom is -0.488 e. The Morgan fingerprint density at radius 2 is 1.87 bits per heavy atom. The third-order valence-corrected chi connectivity index (χ3v) is 6.19. The molecule has 0 saturated carbocycles. The molecule has 0 bridgehead atoms. The van der Waals surface area contributed by atoms with Gasteiger partial charge in [0.2, 0.25) is 0 Å². The Kier molecular flexibility index (Phi) is 6.76. The summed E-state index contributed by atoms with van der Waals surface area (Å²) in [4.78, 5) is 13.1. The molecule has 1 atom stereocenters. The average molecular weight is 471 g/mol. The molecule has 1 heterocycles. The topological polar surface area (TPSA) is 50.4 Å². The fourth-order valence-corrected chi connectivity index (χ4v) is 4.56. The highest BCUT2D eigenvalue weighted by molar-refractivity contribution is 8.05. The molecule has 4 nitrogen and oxygen atoms in total.